The third-order valence-electron chi connectivity index (χ3n) is 5.40. The minimum absolute atomic E-state index is 0.102. The molecular formula is C24H25N2O+. The molecule has 1 N–H and O–H groups in total. The summed E-state index contributed by atoms with van der Waals surface area (Å²) in [5.74, 6) is 0.241. The van der Waals surface area contributed by atoms with Gasteiger partial charge in [0.1, 0.15) is 0 Å². The predicted octanol–water partition coefficient (Wildman–Crippen LogP) is 4.69. The third-order valence-corrected chi connectivity index (χ3v) is 5.40. The zero-order valence-electron chi connectivity index (χ0n) is 15.7. The second-order valence-electron chi connectivity index (χ2n) is 7.29. The van der Waals surface area contributed by atoms with Crippen molar-refractivity contribution in [3.63, 3.8) is 0 Å². The van der Waals surface area contributed by atoms with Gasteiger partial charge < -0.3 is 5.32 Å². The molecule has 136 valence electrons. The number of nitrogens with one attached hydrogen (secondary N) is 1. The van der Waals surface area contributed by atoms with Crippen LogP contribution in [0.4, 0.5) is 5.69 Å². The Bertz CT molecular complexity index is 921. The fourth-order valence-corrected chi connectivity index (χ4v) is 3.76. The number of aromatic nitrogens is 1. The Kier molecular flexibility index (Phi) is 5.01. The van der Waals surface area contributed by atoms with Crippen LogP contribution < -0.4 is 9.88 Å². The molecule has 0 radical (unpaired) electrons. The number of Topliss-reactive ketones (excluding diaryl/α,β-unsaturated/α-hetero) is 1. The molecule has 3 nitrogen and oxygen atoms in total. The first-order valence-corrected chi connectivity index (χ1v) is 9.60. The summed E-state index contributed by atoms with van der Waals surface area (Å²) < 4.78 is 2.05. The van der Waals surface area contributed by atoms with Crippen LogP contribution in [0.2, 0.25) is 0 Å². The molecule has 2 aliphatic carbocycles. The molecule has 0 aliphatic heterocycles. The van der Waals surface area contributed by atoms with Crippen molar-refractivity contribution in [2.45, 2.75) is 38.8 Å². The van der Waals surface area contributed by atoms with Crippen molar-refractivity contribution in [2.75, 3.05) is 5.32 Å². The van der Waals surface area contributed by atoms with E-state index in [2.05, 4.69) is 53.2 Å². The first kappa shape index (κ1) is 17.5. The van der Waals surface area contributed by atoms with E-state index in [0.717, 1.165) is 37.1 Å². The highest BCUT2D eigenvalue weighted by Crippen LogP contribution is 2.32. The smallest absolute Gasteiger partial charge is 0.230 e. The van der Waals surface area contributed by atoms with Crippen molar-refractivity contribution in [1.29, 1.82) is 0 Å². The molecule has 1 aromatic carbocycles. The van der Waals surface area contributed by atoms with Crippen LogP contribution in [0.5, 0.6) is 0 Å². The summed E-state index contributed by atoms with van der Waals surface area (Å²) in [6.07, 6.45) is 13.1. The van der Waals surface area contributed by atoms with Gasteiger partial charge in [0.25, 0.3) is 0 Å². The molecule has 0 fully saturated rings. The standard InChI is InChI=1S/C24H24N2O/c1-18-7-9-20-10-12-23(24(27)22(20)11-8-18)26-15-13-21(14-16-26)25-17-19-5-3-2-4-6-19/h2-8,11,13-16,23H,9-10,12,17H2,1H3/p+1. The average molecular weight is 357 g/mol. The number of ketones is 1. The van der Waals surface area contributed by atoms with Crippen LogP contribution in [0.25, 0.3) is 0 Å². The van der Waals surface area contributed by atoms with Gasteiger partial charge in [-0.3, -0.25) is 4.79 Å². The Morgan fingerprint density at radius 3 is 2.63 bits per heavy atom. The first-order valence-electron chi connectivity index (χ1n) is 9.60. The van der Waals surface area contributed by atoms with E-state index in [1.807, 2.05) is 36.7 Å². The summed E-state index contributed by atoms with van der Waals surface area (Å²) in [5, 5.41) is 3.44. The van der Waals surface area contributed by atoms with Crippen molar-refractivity contribution in [1.82, 2.24) is 0 Å². The minimum Gasteiger partial charge on any atom is -0.381 e. The van der Waals surface area contributed by atoms with Gasteiger partial charge in [-0.05, 0) is 25.3 Å². The summed E-state index contributed by atoms with van der Waals surface area (Å²) >= 11 is 0. The molecule has 0 amide bonds. The molecule has 0 saturated carbocycles. The van der Waals surface area contributed by atoms with E-state index in [1.54, 1.807) is 0 Å². The van der Waals surface area contributed by atoms with Crippen LogP contribution in [-0.4, -0.2) is 5.78 Å². The number of hydrogen-bond donors (Lipinski definition) is 1. The van der Waals surface area contributed by atoms with Gasteiger partial charge in [0.05, 0.1) is 0 Å². The minimum atomic E-state index is -0.102. The van der Waals surface area contributed by atoms with Crippen LogP contribution in [0.15, 0.2) is 89.8 Å². The maximum atomic E-state index is 13.0. The second-order valence-corrected chi connectivity index (χ2v) is 7.29. The van der Waals surface area contributed by atoms with Crippen molar-refractivity contribution < 1.29 is 9.36 Å². The lowest BCUT2D eigenvalue weighted by atomic mass is 9.85. The Labute approximate surface area is 160 Å². The van der Waals surface area contributed by atoms with Crippen molar-refractivity contribution in [3.8, 4) is 0 Å². The van der Waals surface area contributed by atoms with E-state index in [1.165, 1.54) is 16.7 Å². The molecule has 1 atom stereocenters. The number of benzene rings is 1. The van der Waals surface area contributed by atoms with Crippen molar-refractivity contribution in [3.05, 3.63) is 95.4 Å². The fraction of sp³-hybridized carbons (Fsp3) is 0.250. The molecule has 1 heterocycles. The molecule has 3 heteroatoms. The van der Waals surface area contributed by atoms with Gasteiger partial charge in [-0.1, -0.05) is 59.7 Å². The number of allylic oxidation sites excluding steroid dienone is 6. The molecule has 2 aliphatic rings. The number of carbonyl (C=O) groups is 1. The quantitative estimate of drug-likeness (QED) is 0.805. The van der Waals surface area contributed by atoms with Crippen LogP contribution in [0.3, 0.4) is 0 Å². The number of rotatable bonds is 4. The summed E-state index contributed by atoms with van der Waals surface area (Å²) in [6, 6.07) is 14.3. The van der Waals surface area contributed by atoms with Crippen LogP contribution in [0.1, 0.15) is 37.8 Å². The molecule has 1 aromatic heterocycles. The lowest BCUT2D eigenvalue weighted by Crippen LogP contribution is -2.45. The van der Waals surface area contributed by atoms with E-state index < -0.39 is 0 Å². The summed E-state index contributed by atoms with van der Waals surface area (Å²) in [7, 11) is 0. The molecular weight excluding hydrogens is 332 g/mol. The lowest BCUT2D eigenvalue weighted by molar-refractivity contribution is -0.709. The van der Waals surface area contributed by atoms with E-state index in [0.29, 0.717) is 0 Å². The maximum absolute atomic E-state index is 13.0. The normalized spacial score (nSPS) is 19.4. The molecule has 1 unspecified atom stereocenters. The fourth-order valence-electron chi connectivity index (χ4n) is 3.76. The highest BCUT2D eigenvalue weighted by atomic mass is 16.1. The largest absolute Gasteiger partial charge is 0.381 e. The van der Waals surface area contributed by atoms with E-state index in [9.17, 15) is 4.79 Å². The molecule has 27 heavy (non-hydrogen) atoms. The Morgan fingerprint density at radius 2 is 1.85 bits per heavy atom. The number of pyridine rings is 1. The molecule has 4 rings (SSSR count). The number of carbonyl (C=O) groups excluding carboxylic acids is 1. The zero-order valence-corrected chi connectivity index (χ0v) is 15.7. The Balaban J connectivity index is 1.46. The van der Waals surface area contributed by atoms with Crippen LogP contribution in [-0.2, 0) is 11.3 Å². The van der Waals surface area contributed by atoms with Crippen LogP contribution >= 0.6 is 0 Å². The van der Waals surface area contributed by atoms with E-state index in [4.69, 9.17) is 0 Å². The van der Waals surface area contributed by atoms with Gasteiger partial charge in [-0.25, -0.2) is 0 Å². The highest BCUT2D eigenvalue weighted by molar-refractivity contribution is 6.01. The highest BCUT2D eigenvalue weighted by Gasteiger charge is 2.34. The lowest BCUT2D eigenvalue weighted by Gasteiger charge is -2.20. The SMILES string of the molecule is CC1=CCC2=C(C=C1)C(=O)C([n+]1ccc(NCc3ccccc3)cc1)CC2. The van der Waals surface area contributed by atoms with Crippen LogP contribution in [0, 0.1) is 0 Å². The first-order chi connectivity index (χ1) is 13.2. The topological polar surface area (TPSA) is 33.0 Å². The Morgan fingerprint density at radius 1 is 1.07 bits per heavy atom. The summed E-state index contributed by atoms with van der Waals surface area (Å²) in [5.41, 5.74) is 5.74. The number of anilines is 1. The molecule has 0 bridgehead atoms. The zero-order chi connectivity index (χ0) is 18.6. The molecule has 2 aromatic rings. The van der Waals surface area contributed by atoms with Crippen molar-refractivity contribution in [2.24, 2.45) is 0 Å². The monoisotopic (exact) mass is 357 g/mol. The second kappa shape index (κ2) is 7.75. The Hall–Kier alpha value is -2.94. The van der Waals surface area contributed by atoms with Crippen molar-refractivity contribution >= 4 is 11.5 Å². The summed E-state index contributed by atoms with van der Waals surface area (Å²) in [4.78, 5) is 13.0. The van der Waals surface area contributed by atoms with Gasteiger partial charge >= 0.3 is 0 Å². The number of hydrogen-bond acceptors (Lipinski definition) is 2. The van der Waals surface area contributed by atoms with E-state index >= 15 is 0 Å². The molecule has 0 saturated heterocycles. The maximum Gasteiger partial charge on any atom is 0.230 e. The number of nitrogens with zero attached hydrogens (tertiary/aromatic N) is 1. The van der Waals surface area contributed by atoms with Gasteiger partial charge in [0.15, 0.2) is 12.4 Å². The van der Waals surface area contributed by atoms with Gasteiger partial charge in [0.2, 0.25) is 11.8 Å². The van der Waals surface area contributed by atoms with E-state index in [-0.39, 0.29) is 11.8 Å². The summed E-state index contributed by atoms with van der Waals surface area (Å²) in [6.45, 7) is 2.88. The predicted molar refractivity (Wildman–Crippen MR) is 108 cm³/mol. The van der Waals surface area contributed by atoms with Gasteiger partial charge in [-0.15, -0.1) is 0 Å². The van der Waals surface area contributed by atoms with Gasteiger partial charge in [0, 0.05) is 36.4 Å². The molecule has 0 spiro atoms. The third kappa shape index (κ3) is 3.92. The average Bonchev–Trinajstić information content (AvgIpc) is 2.90. The van der Waals surface area contributed by atoms with Gasteiger partial charge in [-0.2, -0.15) is 4.57 Å².